The van der Waals surface area contributed by atoms with E-state index in [-0.39, 0.29) is 5.92 Å². The number of para-hydroxylation sites is 1. The number of ether oxygens (including phenoxy) is 1. The molecule has 2 rings (SSSR count). The van der Waals surface area contributed by atoms with Crippen LogP contribution in [0.15, 0.2) is 24.3 Å². The maximum atomic E-state index is 11.9. The van der Waals surface area contributed by atoms with Gasteiger partial charge in [0.25, 0.3) is 0 Å². The Balaban J connectivity index is 2.52. The molecule has 1 aromatic rings. The Hall–Kier alpha value is -1.51. The molecule has 0 spiro atoms. The second-order valence-electron chi connectivity index (χ2n) is 5.06. The lowest BCUT2D eigenvalue weighted by Crippen LogP contribution is -2.45. The normalized spacial score (nSPS) is 23.9. The van der Waals surface area contributed by atoms with E-state index >= 15 is 0 Å². The first kappa shape index (κ1) is 12.9. The van der Waals surface area contributed by atoms with Crippen molar-refractivity contribution in [2.75, 3.05) is 6.61 Å². The van der Waals surface area contributed by atoms with Crippen molar-refractivity contribution in [2.45, 2.75) is 38.5 Å². The Bertz CT molecular complexity index is 441. The Morgan fingerprint density at radius 1 is 1.50 bits per heavy atom. The van der Waals surface area contributed by atoms with Gasteiger partial charge in [-0.05, 0) is 18.4 Å². The molecule has 0 fully saturated rings. The van der Waals surface area contributed by atoms with Crippen molar-refractivity contribution in [3.8, 4) is 5.75 Å². The third-order valence-corrected chi connectivity index (χ3v) is 4.07. The fraction of sp³-hybridized carbons (Fsp3) is 0.533. The van der Waals surface area contributed by atoms with Gasteiger partial charge < -0.3 is 9.84 Å². The minimum absolute atomic E-state index is 0.116. The standard InChI is InChI=1S/C15H20O3/c1-3-6-11(2)15(14(16)17)9-10-18-13-8-5-4-7-12(13)15/h4-5,7-8,11H,3,6,9-10H2,1-2H3,(H,16,17). The van der Waals surface area contributed by atoms with Crippen LogP contribution in [-0.2, 0) is 10.2 Å². The second-order valence-corrected chi connectivity index (χ2v) is 5.06. The van der Waals surface area contributed by atoms with E-state index in [1.807, 2.05) is 31.2 Å². The van der Waals surface area contributed by atoms with Gasteiger partial charge in [-0.15, -0.1) is 0 Å². The number of hydrogen-bond acceptors (Lipinski definition) is 2. The van der Waals surface area contributed by atoms with Crippen LogP contribution < -0.4 is 4.74 Å². The predicted octanol–water partition coefficient (Wildman–Crippen LogP) is 3.23. The zero-order valence-electron chi connectivity index (χ0n) is 11.0. The van der Waals surface area contributed by atoms with Crippen LogP contribution in [0.25, 0.3) is 0 Å². The Morgan fingerprint density at radius 3 is 2.89 bits per heavy atom. The van der Waals surface area contributed by atoms with Crippen LogP contribution in [0.2, 0.25) is 0 Å². The van der Waals surface area contributed by atoms with Gasteiger partial charge in [0.15, 0.2) is 0 Å². The number of carboxylic acid groups (broad SMARTS) is 1. The molecular weight excluding hydrogens is 228 g/mol. The summed E-state index contributed by atoms with van der Waals surface area (Å²) in [5.41, 5.74) is 0.0508. The van der Waals surface area contributed by atoms with Crippen LogP contribution in [0, 0.1) is 5.92 Å². The highest BCUT2D eigenvalue weighted by molar-refractivity contribution is 5.83. The van der Waals surface area contributed by atoms with Crippen molar-refractivity contribution < 1.29 is 14.6 Å². The first-order valence-electron chi connectivity index (χ1n) is 6.58. The highest BCUT2D eigenvalue weighted by Gasteiger charge is 2.48. The molecule has 0 amide bonds. The van der Waals surface area contributed by atoms with Crippen LogP contribution in [0.1, 0.15) is 38.7 Å². The SMILES string of the molecule is CCCC(C)C1(C(=O)O)CCOc2ccccc21. The van der Waals surface area contributed by atoms with E-state index in [2.05, 4.69) is 6.92 Å². The van der Waals surface area contributed by atoms with E-state index < -0.39 is 11.4 Å². The van der Waals surface area contributed by atoms with Crippen LogP contribution in [0.4, 0.5) is 0 Å². The number of rotatable bonds is 4. The zero-order valence-corrected chi connectivity index (χ0v) is 11.0. The summed E-state index contributed by atoms with van der Waals surface area (Å²) in [5.74, 6) is 0.123. The summed E-state index contributed by atoms with van der Waals surface area (Å²) in [6, 6.07) is 7.55. The molecule has 0 aliphatic carbocycles. The number of hydrogen-bond donors (Lipinski definition) is 1. The Kier molecular flexibility index (Phi) is 3.60. The molecule has 3 nitrogen and oxygen atoms in total. The predicted molar refractivity (Wildman–Crippen MR) is 69.9 cm³/mol. The average molecular weight is 248 g/mol. The van der Waals surface area contributed by atoms with Gasteiger partial charge in [0, 0.05) is 12.0 Å². The van der Waals surface area contributed by atoms with Crippen molar-refractivity contribution in [1.82, 2.24) is 0 Å². The van der Waals surface area contributed by atoms with Gasteiger partial charge in [-0.25, -0.2) is 0 Å². The lowest BCUT2D eigenvalue weighted by Gasteiger charge is -2.39. The topological polar surface area (TPSA) is 46.5 Å². The van der Waals surface area contributed by atoms with Crippen molar-refractivity contribution in [3.05, 3.63) is 29.8 Å². The number of aliphatic carboxylic acids is 1. The van der Waals surface area contributed by atoms with Gasteiger partial charge in [-0.2, -0.15) is 0 Å². The van der Waals surface area contributed by atoms with Gasteiger partial charge in [0.05, 0.1) is 6.61 Å². The molecule has 1 aliphatic heterocycles. The molecule has 3 heteroatoms. The fourth-order valence-corrected chi connectivity index (χ4v) is 3.04. The summed E-state index contributed by atoms with van der Waals surface area (Å²) in [6.07, 6.45) is 2.47. The number of fused-ring (bicyclic) bond motifs is 1. The molecule has 1 heterocycles. The number of benzene rings is 1. The molecule has 2 unspecified atom stereocenters. The van der Waals surface area contributed by atoms with Crippen molar-refractivity contribution >= 4 is 5.97 Å². The van der Waals surface area contributed by atoms with E-state index in [1.165, 1.54) is 0 Å². The summed E-state index contributed by atoms with van der Waals surface area (Å²) >= 11 is 0. The molecule has 0 saturated carbocycles. The van der Waals surface area contributed by atoms with Crippen LogP contribution in [0.5, 0.6) is 5.75 Å². The third-order valence-electron chi connectivity index (χ3n) is 4.07. The van der Waals surface area contributed by atoms with E-state index in [1.54, 1.807) is 0 Å². The lowest BCUT2D eigenvalue weighted by molar-refractivity contribution is -0.147. The molecule has 2 atom stereocenters. The average Bonchev–Trinajstić information content (AvgIpc) is 2.37. The zero-order chi connectivity index (χ0) is 13.2. The molecule has 0 radical (unpaired) electrons. The van der Waals surface area contributed by atoms with Gasteiger partial charge in [-0.1, -0.05) is 38.5 Å². The number of carboxylic acids is 1. The molecule has 1 aliphatic rings. The monoisotopic (exact) mass is 248 g/mol. The minimum atomic E-state index is -0.787. The van der Waals surface area contributed by atoms with Gasteiger partial charge >= 0.3 is 5.97 Å². The first-order chi connectivity index (χ1) is 8.63. The molecule has 0 bridgehead atoms. The quantitative estimate of drug-likeness (QED) is 0.889. The van der Waals surface area contributed by atoms with E-state index in [0.717, 1.165) is 24.2 Å². The fourth-order valence-electron chi connectivity index (χ4n) is 3.04. The summed E-state index contributed by atoms with van der Waals surface area (Å²) in [7, 11) is 0. The molecule has 0 aromatic heterocycles. The summed E-state index contributed by atoms with van der Waals surface area (Å²) < 4.78 is 5.59. The van der Waals surface area contributed by atoms with Gasteiger partial charge in [-0.3, -0.25) is 4.79 Å². The second kappa shape index (κ2) is 5.01. The molecular formula is C15H20O3. The minimum Gasteiger partial charge on any atom is -0.493 e. The summed E-state index contributed by atoms with van der Waals surface area (Å²) in [6.45, 7) is 4.62. The van der Waals surface area contributed by atoms with Crippen molar-refractivity contribution in [2.24, 2.45) is 5.92 Å². The van der Waals surface area contributed by atoms with Crippen LogP contribution in [0.3, 0.4) is 0 Å². The van der Waals surface area contributed by atoms with Gasteiger partial charge in [0.1, 0.15) is 11.2 Å². The lowest BCUT2D eigenvalue weighted by atomic mass is 9.66. The van der Waals surface area contributed by atoms with Crippen LogP contribution >= 0.6 is 0 Å². The summed E-state index contributed by atoms with van der Waals surface area (Å²) in [4.78, 5) is 11.9. The van der Waals surface area contributed by atoms with E-state index in [4.69, 9.17) is 4.74 Å². The molecule has 18 heavy (non-hydrogen) atoms. The molecule has 98 valence electrons. The summed E-state index contributed by atoms with van der Waals surface area (Å²) in [5, 5.41) is 9.78. The maximum Gasteiger partial charge on any atom is 0.314 e. The highest BCUT2D eigenvalue weighted by atomic mass is 16.5. The molecule has 1 N–H and O–H groups in total. The maximum absolute atomic E-state index is 11.9. The third kappa shape index (κ3) is 1.88. The first-order valence-corrected chi connectivity index (χ1v) is 6.58. The van der Waals surface area contributed by atoms with Crippen LogP contribution in [-0.4, -0.2) is 17.7 Å². The van der Waals surface area contributed by atoms with Gasteiger partial charge in [0.2, 0.25) is 0 Å². The smallest absolute Gasteiger partial charge is 0.314 e. The largest absolute Gasteiger partial charge is 0.493 e. The highest BCUT2D eigenvalue weighted by Crippen LogP contribution is 2.45. The number of carbonyl (C=O) groups is 1. The van der Waals surface area contributed by atoms with Crippen molar-refractivity contribution in [1.29, 1.82) is 0 Å². The molecule has 1 aromatic carbocycles. The van der Waals surface area contributed by atoms with E-state index in [0.29, 0.717) is 13.0 Å². The Labute approximate surface area is 108 Å². The van der Waals surface area contributed by atoms with E-state index in [9.17, 15) is 9.90 Å². The van der Waals surface area contributed by atoms with Crippen molar-refractivity contribution in [3.63, 3.8) is 0 Å². The molecule has 0 saturated heterocycles. The Morgan fingerprint density at radius 2 is 2.22 bits per heavy atom.